The van der Waals surface area contributed by atoms with Crippen molar-refractivity contribution in [3.05, 3.63) is 42.0 Å². The maximum absolute atomic E-state index is 13.1. The summed E-state index contributed by atoms with van der Waals surface area (Å²) in [6.07, 6.45) is 4.68. The molecule has 0 aliphatic rings. The van der Waals surface area contributed by atoms with E-state index in [1.165, 1.54) is 11.6 Å². The summed E-state index contributed by atoms with van der Waals surface area (Å²) >= 11 is 0. The normalized spacial score (nSPS) is 11.5. The van der Waals surface area contributed by atoms with Gasteiger partial charge in [-0.05, 0) is 44.3 Å². The fourth-order valence-corrected chi connectivity index (χ4v) is 1.68. The fourth-order valence-electron chi connectivity index (χ4n) is 1.68. The number of aromatic nitrogens is 1. The Morgan fingerprint density at radius 1 is 1.27 bits per heavy atom. The maximum Gasteiger partial charge on any atom is 0.126 e. The summed E-state index contributed by atoms with van der Waals surface area (Å²) in [5.41, 5.74) is 2.17. The van der Waals surface area contributed by atoms with Gasteiger partial charge in [-0.2, -0.15) is 0 Å². The zero-order chi connectivity index (χ0) is 10.8. The van der Waals surface area contributed by atoms with Crippen LogP contribution in [0.3, 0.4) is 0 Å². The molecule has 3 heteroatoms. The molecule has 0 spiro atoms. The Bertz CT molecular complexity index is 460. The van der Waals surface area contributed by atoms with Crippen molar-refractivity contribution in [1.82, 2.24) is 9.30 Å². The lowest BCUT2D eigenvalue weighted by atomic mass is 10.2. The van der Waals surface area contributed by atoms with E-state index in [0.717, 1.165) is 18.5 Å². The van der Waals surface area contributed by atoms with Crippen molar-refractivity contribution in [3.63, 3.8) is 0 Å². The first kappa shape index (κ1) is 10.2. The monoisotopic (exact) mass is 206 g/mol. The van der Waals surface area contributed by atoms with Crippen LogP contribution in [0.5, 0.6) is 0 Å². The molecule has 2 rings (SSSR count). The molecular weight excluding hydrogens is 191 g/mol. The van der Waals surface area contributed by atoms with Gasteiger partial charge in [0.25, 0.3) is 0 Å². The van der Waals surface area contributed by atoms with Crippen LogP contribution in [0.1, 0.15) is 5.56 Å². The van der Waals surface area contributed by atoms with Gasteiger partial charge < -0.3 is 9.30 Å². The van der Waals surface area contributed by atoms with Crippen LogP contribution in [-0.2, 0) is 6.42 Å². The minimum atomic E-state index is -0.174. The highest BCUT2D eigenvalue weighted by Crippen LogP contribution is 2.14. The average Bonchev–Trinajstić information content (AvgIpc) is 2.57. The second-order valence-electron chi connectivity index (χ2n) is 4.03. The van der Waals surface area contributed by atoms with Crippen LogP contribution in [-0.4, -0.2) is 29.9 Å². The van der Waals surface area contributed by atoms with Gasteiger partial charge >= 0.3 is 0 Å². The zero-order valence-electron chi connectivity index (χ0n) is 9.07. The molecule has 80 valence electrons. The molecular formula is C12H15FN2. The predicted octanol–water partition coefficient (Wildman–Crippen LogP) is 2.18. The molecule has 0 saturated heterocycles. The van der Waals surface area contributed by atoms with Crippen LogP contribution >= 0.6 is 0 Å². The lowest BCUT2D eigenvalue weighted by molar-refractivity contribution is 0.414. The van der Waals surface area contributed by atoms with Crippen LogP contribution in [0.2, 0.25) is 0 Å². The molecule has 0 saturated carbocycles. The minimum absolute atomic E-state index is 0.174. The first-order valence-electron chi connectivity index (χ1n) is 5.06. The van der Waals surface area contributed by atoms with Gasteiger partial charge in [-0.15, -0.1) is 0 Å². The third-order valence-electron chi connectivity index (χ3n) is 2.54. The summed E-state index contributed by atoms with van der Waals surface area (Å²) in [7, 11) is 4.08. The average molecular weight is 206 g/mol. The molecule has 0 aromatic carbocycles. The van der Waals surface area contributed by atoms with Crippen molar-refractivity contribution < 1.29 is 4.39 Å². The quantitative estimate of drug-likeness (QED) is 0.747. The summed E-state index contributed by atoms with van der Waals surface area (Å²) in [6.45, 7) is 0.982. The van der Waals surface area contributed by atoms with Crippen molar-refractivity contribution in [2.45, 2.75) is 6.42 Å². The van der Waals surface area contributed by atoms with Crippen LogP contribution < -0.4 is 0 Å². The Labute approximate surface area is 88.9 Å². The predicted molar refractivity (Wildman–Crippen MR) is 59.6 cm³/mol. The third-order valence-corrected chi connectivity index (χ3v) is 2.54. The van der Waals surface area contributed by atoms with E-state index >= 15 is 0 Å². The summed E-state index contributed by atoms with van der Waals surface area (Å²) in [5.74, 6) is -0.174. The van der Waals surface area contributed by atoms with Crippen LogP contribution in [0.4, 0.5) is 4.39 Å². The number of hydrogen-bond donors (Lipinski definition) is 0. The van der Waals surface area contributed by atoms with E-state index in [2.05, 4.69) is 11.0 Å². The highest BCUT2D eigenvalue weighted by atomic mass is 19.1. The highest BCUT2D eigenvalue weighted by Gasteiger charge is 2.03. The van der Waals surface area contributed by atoms with Gasteiger partial charge in [0.1, 0.15) is 5.82 Å². The first-order chi connectivity index (χ1) is 7.16. The Morgan fingerprint density at radius 3 is 2.73 bits per heavy atom. The van der Waals surface area contributed by atoms with Gasteiger partial charge in [-0.1, -0.05) is 0 Å². The SMILES string of the molecule is CN(C)CCc1ccn2ccc(F)cc12. The topological polar surface area (TPSA) is 7.65 Å². The molecule has 0 amide bonds. The standard InChI is InChI=1S/C12H15FN2/c1-14(2)6-3-10-4-7-15-8-5-11(13)9-12(10)15/h4-5,7-9H,3,6H2,1-2H3. The Hall–Kier alpha value is -1.35. The molecule has 2 heterocycles. The summed E-state index contributed by atoms with van der Waals surface area (Å²) < 4.78 is 15.0. The molecule has 0 atom stereocenters. The van der Waals surface area contributed by atoms with E-state index in [9.17, 15) is 4.39 Å². The lowest BCUT2D eigenvalue weighted by Gasteiger charge is -2.08. The summed E-state index contributed by atoms with van der Waals surface area (Å²) in [5, 5.41) is 0. The van der Waals surface area contributed by atoms with Crippen molar-refractivity contribution in [2.75, 3.05) is 20.6 Å². The number of halogens is 1. The molecule has 15 heavy (non-hydrogen) atoms. The summed E-state index contributed by atoms with van der Waals surface area (Å²) in [4.78, 5) is 2.13. The van der Waals surface area contributed by atoms with Crippen LogP contribution in [0.15, 0.2) is 30.6 Å². The summed E-state index contributed by atoms with van der Waals surface area (Å²) in [6, 6.07) is 5.12. The molecule has 0 radical (unpaired) electrons. The third kappa shape index (κ3) is 2.18. The number of pyridine rings is 1. The van der Waals surface area contributed by atoms with E-state index in [4.69, 9.17) is 0 Å². The van der Waals surface area contributed by atoms with Gasteiger partial charge in [0.15, 0.2) is 0 Å². The van der Waals surface area contributed by atoms with Crippen molar-refractivity contribution >= 4 is 5.52 Å². The number of nitrogens with zero attached hydrogens (tertiary/aromatic N) is 2. The molecule has 0 fully saturated rings. The molecule has 0 N–H and O–H groups in total. The molecule has 0 unspecified atom stereocenters. The maximum atomic E-state index is 13.1. The second-order valence-corrected chi connectivity index (χ2v) is 4.03. The lowest BCUT2D eigenvalue weighted by Crippen LogP contribution is -2.14. The fraction of sp³-hybridized carbons (Fsp3) is 0.333. The largest absolute Gasteiger partial charge is 0.323 e. The van der Waals surface area contributed by atoms with E-state index in [1.807, 2.05) is 24.7 Å². The van der Waals surface area contributed by atoms with Gasteiger partial charge in [0, 0.05) is 18.9 Å². The number of hydrogen-bond acceptors (Lipinski definition) is 1. The van der Waals surface area contributed by atoms with E-state index < -0.39 is 0 Å². The van der Waals surface area contributed by atoms with Crippen molar-refractivity contribution in [3.8, 4) is 0 Å². The minimum Gasteiger partial charge on any atom is -0.323 e. The van der Waals surface area contributed by atoms with Gasteiger partial charge in [-0.3, -0.25) is 0 Å². The van der Waals surface area contributed by atoms with E-state index in [-0.39, 0.29) is 5.82 Å². The Morgan fingerprint density at radius 2 is 2.00 bits per heavy atom. The molecule has 0 aliphatic heterocycles. The van der Waals surface area contributed by atoms with E-state index in [1.54, 1.807) is 12.3 Å². The van der Waals surface area contributed by atoms with Crippen molar-refractivity contribution in [1.29, 1.82) is 0 Å². The van der Waals surface area contributed by atoms with Crippen LogP contribution in [0, 0.1) is 5.82 Å². The van der Waals surface area contributed by atoms with Gasteiger partial charge in [0.2, 0.25) is 0 Å². The second kappa shape index (κ2) is 4.03. The Balaban J connectivity index is 2.31. The first-order valence-corrected chi connectivity index (χ1v) is 5.06. The molecule has 2 aromatic rings. The number of likely N-dealkylation sites (N-methyl/N-ethyl adjacent to an activating group) is 1. The molecule has 2 aromatic heterocycles. The van der Waals surface area contributed by atoms with Crippen LogP contribution in [0.25, 0.3) is 5.52 Å². The molecule has 0 bridgehead atoms. The smallest absolute Gasteiger partial charge is 0.126 e. The van der Waals surface area contributed by atoms with E-state index in [0.29, 0.717) is 0 Å². The molecule has 0 aliphatic carbocycles. The zero-order valence-corrected chi connectivity index (χ0v) is 9.07. The number of fused-ring (bicyclic) bond motifs is 1. The van der Waals surface area contributed by atoms with Crippen molar-refractivity contribution in [2.24, 2.45) is 0 Å². The van der Waals surface area contributed by atoms with Gasteiger partial charge in [-0.25, -0.2) is 4.39 Å². The Kier molecular flexibility index (Phi) is 2.73. The number of rotatable bonds is 3. The van der Waals surface area contributed by atoms with Gasteiger partial charge in [0.05, 0.1) is 5.52 Å². The molecule has 2 nitrogen and oxygen atoms in total. The highest BCUT2D eigenvalue weighted by molar-refractivity contribution is 5.55.